The van der Waals surface area contributed by atoms with Gasteiger partial charge in [0.2, 0.25) is 0 Å². The van der Waals surface area contributed by atoms with Crippen LogP contribution in [0.1, 0.15) is 5.56 Å². The average molecular weight is 331 g/mol. The molecule has 5 heteroatoms. The monoisotopic (exact) mass is 331 g/mol. The van der Waals surface area contributed by atoms with E-state index < -0.39 is 6.10 Å². The van der Waals surface area contributed by atoms with Crippen molar-refractivity contribution in [2.45, 2.75) is 12.6 Å². The summed E-state index contributed by atoms with van der Waals surface area (Å²) in [5.74, 6) is 2.33. The van der Waals surface area contributed by atoms with E-state index in [2.05, 4.69) is 4.90 Å². The van der Waals surface area contributed by atoms with Crippen LogP contribution in [0.5, 0.6) is 17.2 Å². The predicted octanol–water partition coefficient (Wildman–Crippen LogP) is 2.58. The summed E-state index contributed by atoms with van der Waals surface area (Å²) >= 11 is 0. The summed E-state index contributed by atoms with van der Waals surface area (Å²) in [4.78, 5) is 2.05. The Morgan fingerprint density at radius 3 is 2.29 bits per heavy atom. The van der Waals surface area contributed by atoms with Gasteiger partial charge in [0.25, 0.3) is 0 Å². The zero-order chi connectivity index (χ0) is 17.4. The van der Waals surface area contributed by atoms with Crippen LogP contribution in [0.15, 0.2) is 48.5 Å². The first kappa shape index (κ1) is 18.1. The van der Waals surface area contributed by atoms with E-state index in [4.69, 9.17) is 14.2 Å². The van der Waals surface area contributed by atoms with Gasteiger partial charge in [0, 0.05) is 13.1 Å². The van der Waals surface area contributed by atoms with Gasteiger partial charge in [-0.25, -0.2) is 0 Å². The number of aliphatic hydroxyl groups excluding tert-OH is 1. The van der Waals surface area contributed by atoms with Crippen LogP contribution in [0.4, 0.5) is 0 Å². The molecule has 0 aliphatic rings. The summed E-state index contributed by atoms with van der Waals surface area (Å²) < 4.78 is 15.9. The first-order valence-corrected chi connectivity index (χ1v) is 7.87. The lowest BCUT2D eigenvalue weighted by atomic mass is 10.2. The molecule has 0 heterocycles. The van der Waals surface area contributed by atoms with Gasteiger partial charge in [-0.3, -0.25) is 4.90 Å². The van der Waals surface area contributed by atoms with Gasteiger partial charge >= 0.3 is 0 Å². The highest BCUT2D eigenvalue weighted by Crippen LogP contribution is 2.17. The Balaban J connectivity index is 1.77. The summed E-state index contributed by atoms with van der Waals surface area (Å²) in [6.45, 7) is 1.50. The SMILES string of the molecule is COc1ccc(OC[C@@H](O)CN(C)Cc2cccc(OC)c2)cc1. The Morgan fingerprint density at radius 1 is 0.958 bits per heavy atom. The van der Waals surface area contributed by atoms with Crippen molar-refractivity contribution in [3.63, 3.8) is 0 Å². The third kappa shape index (κ3) is 5.76. The Bertz CT molecular complexity index is 615. The summed E-state index contributed by atoms with van der Waals surface area (Å²) in [5.41, 5.74) is 1.14. The van der Waals surface area contributed by atoms with E-state index >= 15 is 0 Å². The molecular formula is C19H25NO4. The lowest BCUT2D eigenvalue weighted by Gasteiger charge is -2.21. The summed E-state index contributed by atoms with van der Waals surface area (Å²) in [6.07, 6.45) is -0.567. The summed E-state index contributed by atoms with van der Waals surface area (Å²) in [7, 11) is 5.25. The number of methoxy groups -OCH3 is 2. The van der Waals surface area contributed by atoms with Crippen molar-refractivity contribution in [2.24, 2.45) is 0 Å². The molecule has 0 spiro atoms. The zero-order valence-electron chi connectivity index (χ0n) is 14.4. The maximum absolute atomic E-state index is 10.1. The molecule has 0 fully saturated rings. The van der Waals surface area contributed by atoms with E-state index in [1.54, 1.807) is 14.2 Å². The highest BCUT2D eigenvalue weighted by molar-refractivity contribution is 5.31. The van der Waals surface area contributed by atoms with Crippen molar-refractivity contribution in [3.8, 4) is 17.2 Å². The summed E-state index contributed by atoms with van der Waals surface area (Å²) in [6, 6.07) is 15.2. The van der Waals surface area contributed by atoms with Crippen LogP contribution in [0, 0.1) is 0 Å². The molecule has 0 aliphatic heterocycles. The predicted molar refractivity (Wildman–Crippen MR) is 93.8 cm³/mol. The third-order valence-corrected chi connectivity index (χ3v) is 3.61. The van der Waals surface area contributed by atoms with Crippen LogP contribution in [0.25, 0.3) is 0 Å². The molecule has 0 radical (unpaired) electrons. The Morgan fingerprint density at radius 2 is 1.62 bits per heavy atom. The molecule has 130 valence electrons. The van der Waals surface area contributed by atoms with Gasteiger partial charge in [0.15, 0.2) is 0 Å². The molecule has 0 aromatic heterocycles. The van der Waals surface area contributed by atoms with Gasteiger partial charge in [0.1, 0.15) is 30.0 Å². The fourth-order valence-electron chi connectivity index (χ4n) is 2.42. The summed E-state index contributed by atoms with van der Waals surface area (Å²) in [5, 5.41) is 10.1. The van der Waals surface area contributed by atoms with Crippen molar-refractivity contribution >= 4 is 0 Å². The second-order valence-corrected chi connectivity index (χ2v) is 5.69. The van der Waals surface area contributed by atoms with Gasteiger partial charge in [-0.05, 0) is 49.0 Å². The van der Waals surface area contributed by atoms with E-state index in [1.165, 1.54) is 0 Å². The molecule has 24 heavy (non-hydrogen) atoms. The second-order valence-electron chi connectivity index (χ2n) is 5.69. The Kier molecular flexibility index (Phi) is 6.90. The molecule has 0 aliphatic carbocycles. The molecule has 1 atom stereocenters. The number of aliphatic hydroxyl groups is 1. The number of benzene rings is 2. The number of hydrogen-bond acceptors (Lipinski definition) is 5. The molecule has 2 rings (SSSR count). The number of nitrogens with zero attached hydrogens (tertiary/aromatic N) is 1. The van der Waals surface area contributed by atoms with E-state index in [-0.39, 0.29) is 6.61 Å². The average Bonchev–Trinajstić information content (AvgIpc) is 2.60. The van der Waals surface area contributed by atoms with Crippen molar-refractivity contribution in [1.82, 2.24) is 4.90 Å². The van der Waals surface area contributed by atoms with Crippen molar-refractivity contribution in [1.29, 1.82) is 0 Å². The minimum Gasteiger partial charge on any atom is -0.497 e. The molecule has 2 aromatic rings. The zero-order valence-corrected chi connectivity index (χ0v) is 14.4. The molecule has 5 nitrogen and oxygen atoms in total. The molecule has 0 saturated heterocycles. The van der Waals surface area contributed by atoms with Gasteiger partial charge in [-0.2, -0.15) is 0 Å². The fourth-order valence-corrected chi connectivity index (χ4v) is 2.42. The Hall–Kier alpha value is -2.24. The van der Waals surface area contributed by atoms with Crippen molar-refractivity contribution in [3.05, 3.63) is 54.1 Å². The third-order valence-electron chi connectivity index (χ3n) is 3.61. The molecular weight excluding hydrogens is 306 g/mol. The highest BCUT2D eigenvalue weighted by Gasteiger charge is 2.10. The maximum Gasteiger partial charge on any atom is 0.119 e. The second kappa shape index (κ2) is 9.15. The van der Waals surface area contributed by atoms with Gasteiger partial charge < -0.3 is 19.3 Å². The minimum atomic E-state index is -0.567. The maximum atomic E-state index is 10.1. The van der Waals surface area contributed by atoms with Crippen molar-refractivity contribution < 1.29 is 19.3 Å². The minimum absolute atomic E-state index is 0.245. The number of likely N-dealkylation sites (N-methyl/N-ethyl adjacent to an activating group) is 1. The lowest BCUT2D eigenvalue weighted by Crippen LogP contribution is -2.32. The quantitative estimate of drug-likeness (QED) is 0.765. The van der Waals surface area contributed by atoms with Crippen LogP contribution < -0.4 is 14.2 Å². The fraction of sp³-hybridized carbons (Fsp3) is 0.368. The van der Waals surface area contributed by atoms with E-state index in [1.807, 2.05) is 55.6 Å². The smallest absolute Gasteiger partial charge is 0.119 e. The normalized spacial score (nSPS) is 12.0. The van der Waals surface area contributed by atoms with E-state index in [9.17, 15) is 5.11 Å². The van der Waals surface area contributed by atoms with Crippen LogP contribution in [-0.4, -0.2) is 50.5 Å². The van der Waals surface area contributed by atoms with Crippen LogP contribution in [-0.2, 0) is 6.54 Å². The highest BCUT2D eigenvalue weighted by atomic mass is 16.5. The first-order valence-electron chi connectivity index (χ1n) is 7.87. The van der Waals surface area contributed by atoms with Crippen LogP contribution in [0.3, 0.4) is 0 Å². The first-order chi connectivity index (χ1) is 11.6. The van der Waals surface area contributed by atoms with Gasteiger partial charge in [-0.15, -0.1) is 0 Å². The van der Waals surface area contributed by atoms with E-state index in [0.29, 0.717) is 12.3 Å². The lowest BCUT2D eigenvalue weighted by molar-refractivity contribution is 0.0743. The molecule has 1 N–H and O–H groups in total. The molecule has 0 saturated carbocycles. The Labute approximate surface area is 143 Å². The van der Waals surface area contributed by atoms with Crippen LogP contribution in [0.2, 0.25) is 0 Å². The van der Waals surface area contributed by atoms with E-state index in [0.717, 1.165) is 23.6 Å². The number of ether oxygens (including phenoxy) is 3. The van der Waals surface area contributed by atoms with Gasteiger partial charge in [-0.1, -0.05) is 12.1 Å². The standard InChI is InChI=1S/C19H25NO4/c1-20(12-15-5-4-6-19(11-15)23-3)13-16(21)14-24-18-9-7-17(22-2)8-10-18/h4-11,16,21H,12-14H2,1-3H3/t16-/m0/s1. The molecule has 2 aromatic carbocycles. The molecule has 0 amide bonds. The van der Waals surface area contributed by atoms with Crippen LogP contribution >= 0.6 is 0 Å². The number of rotatable bonds is 9. The molecule has 0 bridgehead atoms. The van der Waals surface area contributed by atoms with Gasteiger partial charge in [0.05, 0.1) is 14.2 Å². The number of hydrogen-bond donors (Lipinski definition) is 1. The topological polar surface area (TPSA) is 51.2 Å². The molecule has 0 unspecified atom stereocenters. The van der Waals surface area contributed by atoms with Crippen molar-refractivity contribution in [2.75, 3.05) is 34.4 Å². The largest absolute Gasteiger partial charge is 0.497 e.